The van der Waals surface area contributed by atoms with E-state index in [9.17, 15) is 4.39 Å². The first kappa shape index (κ1) is 15.1. The molecule has 0 spiro atoms. The van der Waals surface area contributed by atoms with Gasteiger partial charge in [0.25, 0.3) is 0 Å². The van der Waals surface area contributed by atoms with E-state index in [0.717, 1.165) is 45.4 Å². The monoisotopic (exact) mass is 280 g/mol. The third kappa shape index (κ3) is 4.10. The number of hydrogen-bond acceptors (Lipinski definition) is 3. The maximum absolute atomic E-state index is 14.3. The van der Waals surface area contributed by atoms with Gasteiger partial charge in [0.2, 0.25) is 0 Å². The van der Waals surface area contributed by atoms with E-state index in [4.69, 9.17) is 4.74 Å². The van der Waals surface area contributed by atoms with E-state index in [0.29, 0.717) is 11.4 Å². The van der Waals surface area contributed by atoms with Crippen LogP contribution in [0.15, 0.2) is 18.2 Å². The van der Waals surface area contributed by atoms with Crippen LogP contribution in [0, 0.1) is 5.82 Å². The molecule has 1 unspecified atom stereocenters. The summed E-state index contributed by atoms with van der Waals surface area (Å²) in [6.07, 6.45) is 3.24. The zero-order valence-electron chi connectivity index (χ0n) is 12.5. The quantitative estimate of drug-likeness (QED) is 0.896. The summed E-state index contributed by atoms with van der Waals surface area (Å²) >= 11 is 0. The molecule has 1 aliphatic rings. The highest BCUT2D eigenvalue weighted by atomic mass is 19.1. The number of ether oxygens (including phenoxy) is 1. The lowest BCUT2D eigenvalue weighted by Crippen LogP contribution is -2.28. The molecule has 1 aromatic carbocycles. The van der Waals surface area contributed by atoms with Crippen LogP contribution in [0.25, 0.3) is 0 Å². The van der Waals surface area contributed by atoms with Gasteiger partial charge in [-0.15, -0.1) is 0 Å². The van der Waals surface area contributed by atoms with Crippen LogP contribution in [0.2, 0.25) is 0 Å². The molecular weight excluding hydrogens is 255 g/mol. The lowest BCUT2D eigenvalue weighted by atomic mass is 10.2. The van der Waals surface area contributed by atoms with Gasteiger partial charge in [-0.25, -0.2) is 4.39 Å². The Balaban J connectivity index is 2.04. The fourth-order valence-corrected chi connectivity index (χ4v) is 2.60. The predicted molar refractivity (Wildman–Crippen MR) is 81.1 cm³/mol. The summed E-state index contributed by atoms with van der Waals surface area (Å²) < 4.78 is 20.0. The van der Waals surface area contributed by atoms with E-state index >= 15 is 0 Å². The van der Waals surface area contributed by atoms with Gasteiger partial charge in [-0.05, 0) is 38.4 Å². The smallest absolute Gasteiger partial charge is 0.150 e. The predicted octanol–water partition coefficient (Wildman–Crippen LogP) is 3.19. The number of rotatable bonds is 5. The molecule has 2 rings (SSSR count). The largest absolute Gasteiger partial charge is 0.491 e. The highest BCUT2D eigenvalue weighted by Crippen LogP contribution is 2.25. The molecule has 20 heavy (non-hydrogen) atoms. The molecule has 0 aliphatic carbocycles. The van der Waals surface area contributed by atoms with Gasteiger partial charge in [-0.3, -0.25) is 0 Å². The molecule has 1 saturated heterocycles. The van der Waals surface area contributed by atoms with Crippen molar-refractivity contribution in [3.05, 3.63) is 24.0 Å². The van der Waals surface area contributed by atoms with Crippen LogP contribution in [0.5, 0.6) is 5.75 Å². The molecule has 1 aliphatic heterocycles. The van der Waals surface area contributed by atoms with Gasteiger partial charge in [-0.2, -0.15) is 0 Å². The van der Waals surface area contributed by atoms with Crippen molar-refractivity contribution >= 4 is 5.69 Å². The van der Waals surface area contributed by atoms with Crippen molar-refractivity contribution in [3.8, 4) is 5.75 Å². The summed E-state index contributed by atoms with van der Waals surface area (Å²) in [6.45, 7) is 7.81. The fraction of sp³-hybridized carbons (Fsp3) is 0.625. The first-order valence-electron chi connectivity index (χ1n) is 7.62. The molecular formula is C16H25FN2O. The Labute approximate surface area is 121 Å². The van der Waals surface area contributed by atoms with Crippen molar-refractivity contribution in [1.82, 2.24) is 5.32 Å². The minimum absolute atomic E-state index is 0.132. The van der Waals surface area contributed by atoms with E-state index in [1.807, 2.05) is 19.1 Å². The summed E-state index contributed by atoms with van der Waals surface area (Å²) in [5.41, 5.74) is 0.684. The van der Waals surface area contributed by atoms with Crippen LogP contribution in [-0.4, -0.2) is 32.3 Å². The zero-order valence-corrected chi connectivity index (χ0v) is 12.5. The van der Waals surface area contributed by atoms with Crippen LogP contribution in [0.4, 0.5) is 10.1 Å². The molecule has 0 aromatic heterocycles. The van der Waals surface area contributed by atoms with Crippen LogP contribution in [0.3, 0.4) is 0 Å². The molecule has 1 fully saturated rings. The van der Waals surface area contributed by atoms with Crippen molar-refractivity contribution in [2.24, 2.45) is 0 Å². The molecule has 0 radical (unpaired) electrons. The summed E-state index contributed by atoms with van der Waals surface area (Å²) in [5.74, 6) is 0.438. The average molecular weight is 280 g/mol. The topological polar surface area (TPSA) is 24.5 Å². The van der Waals surface area contributed by atoms with E-state index < -0.39 is 0 Å². The second-order valence-corrected chi connectivity index (χ2v) is 5.42. The van der Waals surface area contributed by atoms with E-state index in [1.54, 1.807) is 0 Å². The number of halogens is 1. The molecule has 0 amide bonds. The highest BCUT2D eigenvalue weighted by molar-refractivity contribution is 5.50. The van der Waals surface area contributed by atoms with Gasteiger partial charge in [-0.1, -0.05) is 13.3 Å². The Morgan fingerprint density at radius 1 is 1.35 bits per heavy atom. The maximum atomic E-state index is 14.3. The summed E-state index contributed by atoms with van der Waals surface area (Å²) in [4.78, 5) is 2.11. The Morgan fingerprint density at radius 2 is 2.20 bits per heavy atom. The molecule has 112 valence electrons. The fourth-order valence-electron chi connectivity index (χ4n) is 2.60. The third-order valence-electron chi connectivity index (χ3n) is 3.63. The van der Waals surface area contributed by atoms with Crippen molar-refractivity contribution < 1.29 is 9.13 Å². The minimum atomic E-state index is -0.187. The molecule has 0 saturated carbocycles. The van der Waals surface area contributed by atoms with Gasteiger partial charge in [0.1, 0.15) is 11.6 Å². The summed E-state index contributed by atoms with van der Waals surface area (Å²) in [7, 11) is 0. The van der Waals surface area contributed by atoms with Gasteiger partial charge in [0.05, 0.1) is 11.8 Å². The first-order chi connectivity index (χ1) is 9.70. The van der Waals surface area contributed by atoms with Crippen LogP contribution < -0.4 is 15.0 Å². The van der Waals surface area contributed by atoms with Crippen molar-refractivity contribution in [2.75, 3.05) is 31.1 Å². The normalized spacial score (nSPS) is 17.6. The van der Waals surface area contributed by atoms with Gasteiger partial charge in [0.15, 0.2) is 0 Å². The van der Waals surface area contributed by atoms with Crippen molar-refractivity contribution in [3.63, 3.8) is 0 Å². The van der Waals surface area contributed by atoms with Gasteiger partial charge < -0.3 is 15.0 Å². The van der Waals surface area contributed by atoms with Crippen molar-refractivity contribution in [2.45, 2.75) is 39.2 Å². The molecule has 0 bridgehead atoms. The van der Waals surface area contributed by atoms with Crippen molar-refractivity contribution in [1.29, 1.82) is 0 Å². The second kappa shape index (κ2) is 7.48. The Bertz CT molecular complexity index is 417. The lowest BCUT2D eigenvalue weighted by Gasteiger charge is -2.23. The standard InChI is InChI=1S/C16H25FN2O/c1-3-5-13(2)20-14-6-7-16(15(17)12-14)19-10-4-8-18-9-11-19/h6-7,12-13,18H,3-5,8-11H2,1-2H3. The molecule has 3 nitrogen and oxygen atoms in total. The Morgan fingerprint density at radius 3 is 2.95 bits per heavy atom. The number of hydrogen-bond donors (Lipinski definition) is 1. The summed E-state index contributed by atoms with van der Waals surface area (Å²) in [5, 5.41) is 3.33. The number of nitrogens with one attached hydrogen (secondary N) is 1. The summed E-state index contributed by atoms with van der Waals surface area (Å²) in [6, 6.07) is 5.23. The van der Waals surface area contributed by atoms with Crippen LogP contribution >= 0.6 is 0 Å². The third-order valence-corrected chi connectivity index (χ3v) is 3.63. The van der Waals surface area contributed by atoms with Gasteiger partial charge in [0, 0.05) is 25.7 Å². The van der Waals surface area contributed by atoms with Crippen LogP contribution in [0.1, 0.15) is 33.1 Å². The Hall–Kier alpha value is -1.29. The van der Waals surface area contributed by atoms with E-state index in [-0.39, 0.29) is 11.9 Å². The molecule has 4 heteroatoms. The maximum Gasteiger partial charge on any atom is 0.150 e. The number of anilines is 1. The molecule has 1 aromatic rings. The first-order valence-corrected chi connectivity index (χ1v) is 7.62. The van der Waals surface area contributed by atoms with E-state index in [2.05, 4.69) is 17.1 Å². The molecule has 1 atom stereocenters. The highest BCUT2D eigenvalue weighted by Gasteiger charge is 2.14. The van der Waals surface area contributed by atoms with E-state index in [1.165, 1.54) is 6.07 Å². The lowest BCUT2D eigenvalue weighted by molar-refractivity contribution is 0.209. The SMILES string of the molecule is CCCC(C)Oc1ccc(N2CCCNCC2)c(F)c1. The minimum Gasteiger partial charge on any atom is -0.491 e. The molecule has 1 N–H and O–H groups in total. The number of nitrogens with zero attached hydrogens (tertiary/aromatic N) is 1. The number of benzene rings is 1. The Kier molecular flexibility index (Phi) is 5.65. The zero-order chi connectivity index (χ0) is 14.4. The van der Waals surface area contributed by atoms with Crippen LogP contribution in [-0.2, 0) is 0 Å². The van der Waals surface area contributed by atoms with Gasteiger partial charge >= 0.3 is 0 Å². The molecule has 1 heterocycles. The second-order valence-electron chi connectivity index (χ2n) is 5.42. The average Bonchev–Trinajstić information content (AvgIpc) is 2.68.